The summed E-state index contributed by atoms with van der Waals surface area (Å²) in [6.45, 7) is 5.28. The molecule has 0 saturated carbocycles. The highest BCUT2D eigenvalue weighted by Crippen LogP contribution is 2.34. The van der Waals surface area contributed by atoms with Crippen molar-refractivity contribution in [3.05, 3.63) is 29.8 Å². The molecule has 2 nitrogen and oxygen atoms in total. The van der Waals surface area contributed by atoms with Gasteiger partial charge in [-0.15, -0.1) is 0 Å². The average Bonchev–Trinajstić information content (AvgIpc) is 2.28. The smallest absolute Gasteiger partial charge is 0.383 e. The maximum atomic E-state index is 12.7. The Morgan fingerprint density at radius 2 is 1.83 bits per heavy atom. The number of para-hydroxylation sites is 1. The van der Waals surface area contributed by atoms with Crippen LogP contribution in [0.25, 0.3) is 0 Å². The fraction of sp³-hybridized carbons (Fsp3) is 0.538. The van der Waals surface area contributed by atoms with Gasteiger partial charge < -0.3 is 10.2 Å². The molecule has 18 heavy (non-hydrogen) atoms. The monoisotopic (exact) mass is 260 g/mol. The minimum atomic E-state index is -4.31. The predicted octanol–water partition coefficient (Wildman–Crippen LogP) is 3.46. The largest absolute Gasteiger partial charge is 0.418 e. The molecular weight excluding hydrogens is 241 g/mol. The van der Waals surface area contributed by atoms with E-state index in [1.54, 1.807) is 6.07 Å². The van der Waals surface area contributed by atoms with Gasteiger partial charge in [-0.25, -0.2) is 0 Å². The Morgan fingerprint density at radius 1 is 1.22 bits per heavy atom. The van der Waals surface area contributed by atoms with Gasteiger partial charge in [0.1, 0.15) is 0 Å². The second-order valence-corrected chi connectivity index (χ2v) is 4.54. The molecule has 0 atom stereocenters. The molecule has 0 heterocycles. The third kappa shape index (κ3) is 4.22. The predicted molar refractivity (Wildman–Crippen MR) is 67.7 cm³/mol. The Bertz CT molecular complexity index is 375. The van der Waals surface area contributed by atoms with Crippen molar-refractivity contribution in [3.8, 4) is 0 Å². The second-order valence-electron chi connectivity index (χ2n) is 4.54. The first-order valence-corrected chi connectivity index (χ1v) is 5.92. The molecule has 1 N–H and O–H groups in total. The van der Waals surface area contributed by atoms with E-state index in [1.165, 1.54) is 12.1 Å². The maximum absolute atomic E-state index is 12.7. The topological polar surface area (TPSA) is 15.3 Å². The molecule has 0 aliphatic heterocycles. The molecule has 1 aromatic carbocycles. The van der Waals surface area contributed by atoms with Crippen molar-refractivity contribution >= 4 is 5.69 Å². The van der Waals surface area contributed by atoms with Crippen LogP contribution in [-0.2, 0) is 6.18 Å². The number of benzene rings is 1. The van der Waals surface area contributed by atoms with E-state index in [2.05, 4.69) is 10.2 Å². The lowest BCUT2D eigenvalue weighted by Crippen LogP contribution is -2.31. The molecule has 0 amide bonds. The molecule has 5 heteroatoms. The maximum Gasteiger partial charge on any atom is 0.418 e. The highest BCUT2D eigenvalue weighted by atomic mass is 19.4. The molecule has 0 bridgehead atoms. The SMILES string of the molecule is CC(C)N(C)CCNc1ccccc1C(F)(F)F. The van der Waals surface area contributed by atoms with Crippen molar-refractivity contribution in [1.82, 2.24) is 4.90 Å². The number of hydrogen-bond acceptors (Lipinski definition) is 2. The lowest BCUT2D eigenvalue weighted by Gasteiger charge is -2.22. The quantitative estimate of drug-likeness (QED) is 0.872. The zero-order chi connectivity index (χ0) is 13.8. The molecule has 0 unspecified atom stereocenters. The molecule has 0 aliphatic rings. The fourth-order valence-electron chi connectivity index (χ4n) is 1.51. The molecule has 1 rings (SSSR count). The van der Waals surface area contributed by atoms with Gasteiger partial charge in [-0.2, -0.15) is 13.2 Å². The van der Waals surface area contributed by atoms with Gasteiger partial charge in [-0.05, 0) is 33.0 Å². The van der Waals surface area contributed by atoms with E-state index in [-0.39, 0.29) is 5.69 Å². The van der Waals surface area contributed by atoms with Crippen LogP contribution in [0.2, 0.25) is 0 Å². The van der Waals surface area contributed by atoms with E-state index < -0.39 is 11.7 Å². The summed E-state index contributed by atoms with van der Waals surface area (Å²) in [5.74, 6) is 0. The standard InChI is InChI=1S/C13H19F3N2/c1-10(2)18(3)9-8-17-12-7-5-4-6-11(12)13(14,15)16/h4-7,10,17H,8-9H2,1-3H3. The van der Waals surface area contributed by atoms with Crippen LogP contribution in [0.5, 0.6) is 0 Å². The van der Waals surface area contributed by atoms with Gasteiger partial charge >= 0.3 is 6.18 Å². The first-order valence-electron chi connectivity index (χ1n) is 5.92. The molecule has 0 aliphatic carbocycles. The van der Waals surface area contributed by atoms with Crippen LogP contribution in [0.3, 0.4) is 0 Å². The van der Waals surface area contributed by atoms with Gasteiger partial charge in [0, 0.05) is 24.8 Å². The summed E-state index contributed by atoms with van der Waals surface area (Å²) in [4.78, 5) is 2.07. The number of likely N-dealkylation sites (N-methyl/N-ethyl adjacent to an activating group) is 1. The number of nitrogens with zero attached hydrogens (tertiary/aromatic N) is 1. The Balaban J connectivity index is 2.63. The van der Waals surface area contributed by atoms with Crippen molar-refractivity contribution in [1.29, 1.82) is 0 Å². The minimum Gasteiger partial charge on any atom is -0.383 e. The van der Waals surface area contributed by atoms with Gasteiger partial charge in [0.25, 0.3) is 0 Å². The lowest BCUT2D eigenvalue weighted by molar-refractivity contribution is -0.136. The van der Waals surface area contributed by atoms with Gasteiger partial charge in [0.2, 0.25) is 0 Å². The summed E-state index contributed by atoms with van der Waals surface area (Å²) in [5.41, 5.74) is -0.473. The molecule has 0 fully saturated rings. The summed E-state index contributed by atoms with van der Waals surface area (Å²) in [7, 11) is 1.95. The number of rotatable bonds is 5. The van der Waals surface area contributed by atoms with E-state index in [0.29, 0.717) is 19.1 Å². The van der Waals surface area contributed by atoms with E-state index in [4.69, 9.17) is 0 Å². The zero-order valence-electron chi connectivity index (χ0n) is 10.9. The van der Waals surface area contributed by atoms with Crippen molar-refractivity contribution in [3.63, 3.8) is 0 Å². The summed E-state index contributed by atoms with van der Waals surface area (Å²) >= 11 is 0. The van der Waals surface area contributed by atoms with Crippen LogP contribution in [0, 0.1) is 0 Å². The van der Waals surface area contributed by atoms with Crippen LogP contribution in [-0.4, -0.2) is 31.1 Å². The minimum absolute atomic E-state index is 0.141. The van der Waals surface area contributed by atoms with Crippen LogP contribution in [0.4, 0.5) is 18.9 Å². The lowest BCUT2D eigenvalue weighted by atomic mass is 10.1. The van der Waals surface area contributed by atoms with Gasteiger partial charge in [0.05, 0.1) is 5.56 Å². The Hall–Kier alpha value is -1.23. The van der Waals surface area contributed by atoms with Gasteiger partial charge in [-0.3, -0.25) is 0 Å². The molecule has 0 aromatic heterocycles. The van der Waals surface area contributed by atoms with Crippen molar-refractivity contribution in [2.24, 2.45) is 0 Å². The molecule has 1 aromatic rings. The van der Waals surface area contributed by atoms with E-state index in [9.17, 15) is 13.2 Å². The highest BCUT2D eigenvalue weighted by Gasteiger charge is 2.32. The first-order chi connectivity index (χ1) is 8.32. The van der Waals surface area contributed by atoms with Gasteiger partial charge in [-0.1, -0.05) is 12.1 Å². The first kappa shape index (κ1) is 14.8. The van der Waals surface area contributed by atoms with E-state index in [0.717, 1.165) is 6.07 Å². The molecule has 0 radical (unpaired) electrons. The molecular formula is C13H19F3N2. The highest BCUT2D eigenvalue weighted by molar-refractivity contribution is 5.52. The summed E-state index contributed by atoms with van der Waals surface area (Å²) < 4.78 is 38.1. The second kappa shape index (κ2) is 6.09. The molecule has 0 spiro atoms. The fourth-order valence-corrected chi connectivity index (χ4v) is 1.51. The van der Waals surface area contributed by atoms with Crippen molar-refractivity contribution in [2.75, 3.05) is 25.5 Å². The number of alkyl halides is 3. The Kier molecular flexibility index (Phi) is 5.02. The number of nitrogens with one attached hydrogen (secondary N) is 1. The molecule has 102 valence electrons. The summed E-state index contributed by atoms with van der Waals surface area (Å²) in [6.07, 6.45) is -4.31. The third-order valence-electron chi connectivity index (χ3n) is 2.89. The van der Waals surface area contributed by atoms with Crippen LogP contribution >= 0.6 is 0 Å². The average molecular weight is 260 g/mol. The van der Waals surface area contributed by atoms with Crippen LogP contribution in [0.15, 0.2) is 24.3 Å². The van der Waals surface area contributed by atoms with Gasteiger partial charge in [0.15, 0.2) is 0 Å². The van der Waals surface area contributed by atoms with Crippen LogP contribution < -0.4 is 5.32 Å². The number of anilines is 1. The number of halogens is 3. The zero-order valence-corrected chi connectivity index (χ0v) is 10.9. The van der Waals surface area contributed by atoms with Crippen LogP contribution in [0.1, 0.15) is 19.4 Å². The van der Waals surface area contributed by atoms with E-state index in [1.807, 2.05) is 20.9 Å². The van der Waals surface area contributed by atoms with E-state index >= 15 is 0 Å². The Labute approximate surface area is 106 Å². The summed E-state index contributed by atoms with van der Waals surface area (Å²) in [6, 6.07) is 5.93. The summed E-state index contributed by atoms with van der Waals surface area (Å²) in [5, 5.41) is 2.84. The number of hydrogen-bond donors (Lipinski definition) is 1. The Morgan fingerprint density at radius 3 is 2.39 bits per heavy atom. The third-order valence-corrected chi connectivity index (χ3v) is 2.89. The molecule has 0 saturated heterocycles. The normalized spacial score (nSPS) is 12.2. The van der Waals surface area contributed by atoms with Crippen molar-refractivity contribution in [2.45, 2.75) is 26.1 Å². The van der Waals surface area contributed by atoms with Crippen molar-refractivity contribution < 1.29 is 13.2 Å².